The van der Waals surface area contributed by atoms with E-state index in [-0.39, 0.29) is 5.82 Å². The average molecular weight is 278 g/mol. The van der Waals surface area contributed by atoms with Crippen molar-refractivity contribution >= 4 is 5.69 Å². The van der Waals surface area contributed by atoms with Crippen LogP contribution < -0.4 is 10.2 Å². The Morgan fingerprint density at radius 3 is 2.90 bits per heavy atom. The van der Waals surface area contributed by atoms with E-state index in [0.29, 0.717) is 6.54 Å². The standard InChI is InChI=1S/C17H27FN2/c1-3-6-14-7-5-11-20(12-10-14)17-9-4-8-16(18)15(17)13-19-2/h4,8-9,14,19H,3,5-7,10-13H2,1-2H3. The first-order valence-corrected chi connectivity index (χ1v) is 7.93. The molecule has 0 bridgehead atoms. The van der Waals surface area contributed by atoms with Crippen LogP contribution in [0.15, 0.2) is 18.2 Å². The normalized spacial score (nSPS) is 19.9. The summed E-state index contributed by atoms with van der Waals surface area (Å²) in [5, 5.41) is 3.08. The van der Waals surface area contributed by atoms with Gasteiger partial charge in [-0.1, -0.05) is 25.8 Å². The first-order chi connectivity index (χ1) is 9.76. The highest BCUT2D eigenvalue weighted by Crippen LogP contribution is 2.28. The minimum atomic E-state index is -0.0915. The van der Waals surface area contributed by atoms with Crippen molar-refractivity contribution in [3.63, 3.8) is 0 Å². The molecule has 1 unspecified atom stereocenters. The highest BCUT2D eigenvalue weighted by molar-refractivity contribution is 5.54. The number of hydrogen-bond donors (Lipinski definition) is 1. The fraction of sp³-hybridized carbons (Fsp3) is 0.647. The Bertz CT molecular complexity index is 419. The molecule has 3 heteroatoms. The Morgan fingerprint density at radius 1 is 1.30 bits per heavy atom. The predicted octanol–water partition coefficient (Wildman–Crippen LogP) is 3.95. The first kappa shape index (κ1) is 15.3. The molecule has 1 aliphatic heterocycles. The molecule has 0 aromatic heterocycles. The summed E-state index contributed by atoms with van der Waals surface area (Å²) in [4.78, 5) is 2.38. The third-order valence-corrected chi connectivity index (χ3v) is 4.33. The SMILES string of the molecule is CCCC1CCCN(c2cccc(F)c2CNC)CC1. The van der Waals surface area contributed by atoms with Gasteiger partial charge in [0.2, 0.25) is 0 Å². The molecular formula is C17H27FN2. The van der Waals surface area contributed by atoms with Gasteiger partial charge in [0.25, 0.3) is 0 Å². The van der Waals surface area contributed by atoms with Crippen LogP contribution in [0.1, 0.15) is 44.6 Å². The summed E-state index contributed by atoms with van der Waals surface area (Å²) in [6.07, 6.45) is 6.39. The van der Waals surface area contributed by atoms with E-state index in [4.69, 9.17) is 0 Å². The lowest BCUT2D eigenvalue weighted by Crippen LogP contribution is -2.26. The van der Waals surface area contributed by atoms with Gasteiger partial charge in [-0.25, -0.2) is 4.39 Å². The fourth-order valence-corrected chi connectivity index (χ4v) is 3.30. The Balaban J connectivity index is 2.13. The smallest absolute Gasteiger partial charge is 0.129 e. The number of benzene rings is 1. The summed E-state index contributed by atoms with van der Waals surface area (Å²) in [5.41, 5.74) is 1.89. The van der Waals surface area contributed by atoms with Gasteiger partial charge in [-0.15, -0.1) is 0 Å². The molecule has 1 atom stereocenters. The van der Waals surface area contributed by atoms with Crippen LogP contribution in [-0.2, 0) is 6.54 Å². The van der Waals surface area contributed by atoms with Crippen molar-refractivity contribution in [2.24, 2.45) is 5.92 Å². The maximum Gasteiger partial charge on any atom is 0.129 e. The molecule has 0 spiro atoms. The van der Waals surface area contributed by atoms with E-state index in [1.807, 2.05) is 13.1 Å². The maximum atomic E-state index is 14.0. The number of halogens is 1. The Morgan fingerprint density at radius 2 is 2.15 bits per heavy atom. The third kappa shape index (κ3) is 3.72. The molecule has 0 amide bonds. The van der Waals surface area contributed by atoms with Gasteiger partial charge < -0.3 is 10.2 Å². The van der Waals surface area contributed by atoms with Gasteiger partial charge in [-0.05, 0) is 44.4 Å². The maximum absolute atomic E-state index is 14.0. The summed E-state index contributed by atoms with van der Waals surface area (Å²) in [6, 6.07) is 5.46. The van der Waals surface area contributed by atoms with Crippen LogP contribution >= 0.6 is 0 Å². The fourth-order valence-electron chi connectivity index (χ4n) is 3.30. The summed E-state index contributed by atoms with van der Waals surface area (Å²) >= 11 is 0. The van der Waals surface area contributed by atoms with Gasteiger partial charge in [-0.3, -0.25) is 0 Å². The zero-order chi connectivity index (χ0) is 14.4. The Kier molecular flexibility index (Phi) is 5.84. The van der Waals surface area contributed by atoms with Gasteiger partial charge in [0, 0.05) is 30.9 Å². The second kappa shape index (κ2) is 7.63. The molecular weight excluding hydrogens is 251 g/mol. The second-order valence-corrected chi connectivity index (χ2v) is 5.84. The molecule has 20 heavy (non-hydrogen) atoms. The van der Waals surface area contributed by atoms with Gasteiger partial charge in [0.1, 0.15) is 5.82 Å². The van der Waals surface area contributed by atoms with E-state index in [9.17, 15) is 4.39 Å². The topological polar surface area (TPSA) is 15.3 Å². The average Bonchev–Trinajstić information content (AvgIpc) is 2.67. The quantitative estimate of drug-likeness (QED) is 0.877. The van der Waals surface area contributed by atoms with Crippen molar-refractivity contribution in [3.05, 3.63) is 29.6 Å². The van der Waals surface area contributed by atoms with Gasteiger partial charge in [0.05, 0.1) is 0 Å². The Labute approximate surface area is 122 Å². The molecule has 1 aromatic carbocycles. The van der Waals surface area contributed by atoms with E-state index in [2.05, 4.69) is 23.2 Å². The summed E-state index contributed by atoms with van der Waals surface area (Å²) < 4.78 is 14.0. The molecule has 1 aliphatic rings. The zero-order valence-electron chi connectivity index (χ0n) is 12.8. The summed E-state index contributed by atoms with van der Waals surface area (Å²) in [5.74, 6) is 0.762. The van der Waals surface area contributed by atoms with Crippen LogP contribution in [0.2, 0.25) is 0 Å². The van der Waals surface area contributed by atoms with E-state index < -0.39 is 0 Å². The van der Waals surface area contributed by atoms with Crippen molar-refractivity contribution in [1.29, 1.82) is 0 Å². The lowest BCUT2D eigenvalue weighted by molar-refractivity contribution is 0.435. The number of nitrogens with zero attached hydrogens (tertiary/aromatic N) is 1. The lowest BCUT2D eigenvalue weighted by atomic mass is 9.96. The molecule has 1 heterocycles. The molecule has 1 aromatic rings. The van der Waals surface area contributed by atoms with Crippen molar-refractivity contribution in [2.45, 2.75) is 45.6 Å². The largest absolute Gasteiger partial charge is 0.371 e. The lowest BCUT2D eigenvalue weighted by Gasteiger charge is -2.26. The zero-order valence-corrected chi connectivity index (χ0v) is 12.8. The van der Waals surface area contributed by atoms with Gasteiger partial charge >= 0.3 is 0 Å². The second-order valence-electron chi connectivity index (χ2n) is 5.84. The van der Waals surface area contributed by atoms with Crippen molar-refractivity contribution < 1.29 is 4.39 Å². The molecule has 1 saturated heterocycles. The van der Waals surface area contributed by atoms with Crippen molar-refractivity contribution in [3.8, 4) is 0 Å². The number of hydrogen-bond acceptors (Lipinski definition) is 2. The van der Waals surface area contributed by atoms with Crippen molar-refractivity contribution in [1.82, 2.24) is 5.32 Å². The van der Waals surface area contributed by atoms with Crippen LogP contribution in [-0.4, -0.2) is 20.1 Å². The predicted molar refractivity (Wildman–Crippen MR) is 83.6 cm³/mol. The summed E-state index contributed by atoms with van der Waals surface area (Å²) in [6.45, 7) is 4.97. The molecule has 2 nitrogen and oxygen atoms in total. The van der Waals surface area contributed by atoms with Crippen molar-refractivity contribution in [2.75, 3.05) is 25.0 Å². The Hall–Kier alpha value is -1.09. The van der Waals surface area contributed by atoms with Crippen LogP contribution in [0, 0.1) is 11.7 Å². The third-order valence-electron chi connectivity index (χ3n) is 4.33. The van der Waals surface area contributed by atoms with E-state index in [1.54, 1.807) is 6.07 Å². The molecule has 2 rings (SSSR count). The van der Waals surface area contributed by atoms with E-state index in [1.165, 1.54) is 32.1 Å². The number of anilines is 1. The van der Waals surface area contributed by atoms with Crippen LogP contribution in [0.4, 0.5) is 10.1 Å². The van der Waals surface area contributed by atoms with Crippen LogP contribution in [0.25, 0.3) is 0 Å². The molecule has 0 saturated carbocycles. The van der Waals surface area contributed by atoms with Gasteiger partial charge in [0.15, 0.2) is 0 Å². The molecule has 1 fully saturated rings. The van der Waals surface area contributed by atoms with Crippen LogP contribution in [0.5, 0.6) is 0 Å². The van der Waals surface area contributed by atoms with E-state index >= 15 is 0 Å². The molecule has 112 valence electrons. The highest BCUT2D eigenvalue weighted by atomic mass is 19.1. The minimum Gasteiger partial charge on any atom is -0.371 e. The summed E-state index contributed by atoms with van der Waals surface area (Å²) in [7, 11) is 1.87. The minimum absolute atomic E-state index is 0.0915. The molecule has 1 N–H and O–H groups in total. The monoisotopic (exact) mass is 278 g/mol. The van der Waals surface area contributed by atoms with E-state index in [0.717, 1.165) is 30.3 Å². The highest BCUT2D eigenvalue weighted by Gasteiger charge is 2.19. The van der Waals surface area contributed by atoms with Crippen LogP contribution in [0.3, 0.4) is 0 Å². The number of rotatable bonds is 5. The first-order valence-electron chi connectivity index (χ1n) is 7.93. The number of nitrogens with one attached hydrogen (secondary N) is 1. The van der Waals surface area contributed by atoms with Gasteiger partial charge in [-0.2, -0.15) is 0 Å². The molecule has 0 aliphatic carbocycles. The molecule has 0 radical (unpaired) electrons.